The van der Waals surface area contributed by atoms with Crippen molar-refractivity contribution in [3.05, 3.63) is 93.5 Å². The smallest absolute Gasteiger partial charge is 0.247 e. The Kier molecular flexibility index (Phi) is 10.8. The van der Waals surface area contributed by atoms with Crippen LogP contribution in [0.4, 0.5) is 5.69 Å². The van der Waals surface area contributed by atoms with Crippen LogP contribution in [-0.2, 0) is 33.8 Å². The SMILES string of the molecule is CNC(=O)CCc1ccc(Cl)c(CN(C(=O)[C@H]2CNCC(=O)N2c2ccc(CCCOc3cccc(Cl)c3)cc2)C2CC2)c1. The summed E-state index contributed by atoms with van der Waals surface area (Å²) < 4.78 is 5.80. The average Bonchev–Trinajstić information content (AvgIpc) is 3.87. The van der Waals surface area contributed by atoms with Crippen LogP contribution >= 0.6 is 23.2 Å². The Morgan fingerprint density at radius 2 is 1.80 bits per heavy atom. The molecule has 2 fully saturated rings. The van der Waals surface area contributed by atoms with Crippen molar-refractivity contribution >= 4 is 46.6 Å². The summed E-state index contributed by atoms with van der Waals surface area (Å²) in [6.45, 7) is 1.46. The molecule has 3 aromatic rings. The highest BCUT2D eigenvalue weighted by atomic mass is 35.5. The normalized spacial score (nSPS) is 16.5. The molecule has 2 aliphatic rings. The lowest BCUT2D eigenvalue weighted by Gasteiger charge is -2.38. The van der Waals surface area contributed by atoms with Gasteiger partial charge in [0.15, 0.2) is 0 Å². The number of anilines is 1. The van der Waals surface area contributed by atoms with Gasteiger partial charge < -0.3 is 20.3 Å². The van der Waals surface area contributed by atoms with Crippen LogP contribution in [0.5, 0.6) is 5.75 Å². The summed E-state index contributed by atoms with van der Waals surface area (Å²) in [5.41, 5.74) is 3.66. The molecule has 10 heteroatoms. The summed E-state index contributed by atoms with van der Waals surface area (Å²) in [6.07, 6.45) is 4.44. The van der Waals surface area contributed by atoms with E-state index in [1.165, 1.54) is 0 Å². The Hall–Kier alpha value is -3.59. The number of nitrogens with zero attached hydrogens (tertiary/aromatic N) is 2. The lowest BCUT2D eigenvalue weighted by molar-refractivity contribution is -0.136. The summed E-state index contributed by atoms with van der Waals surface area (Å²) in [7, 11) is 1.62. The first kappa shape index (κ1) is 31.8. The van der Waals surface area contributed by atoms with Crippen molar-refractivity contribution in [1.29, 1.82) is 0 Å². The van der Waals surface area contributed by atoms with Crippen molar-refractivity contribution in [3.63, 3.8) is 0 Å². The van der Waals surface area contributed by atoms with Gasteiger partial charge in [-0.3, -0.25) is 19.3 Å². The Balaban J connectivity index is 1.25. The van der Waals surface area contributed by atoms with E-state index in [0.717, 1.165) is 48.1 Å². The number of carbonyl (C=O) groups excluding carboxylic acids is 3. The molecule has 232 valence electrons. The summed E-state index contributed by atoms with van der Waals surface area (Å²) >= 11 is 12.6. The fraction of sp³-hybridized carbons (Fsp3) is 0.382. The predicted molar refractivity (Wildman–Crippen MR) is 173 cm³/mol. The van der Waals surface area contributed by atoms with Crippen molar-refractivity contribution < 1.29 is 19.1 Å². The van der Waals surface area contributed by atoms with Gasteiger partial charge in [0.05, 0.1) is 13.2 Å². The van der Waals surface area contributed by atoms with E-state index in [1.807, 2.05) is 65.6 Å². The zero-order valence-electron chi connectivity index (χ0n) is 24.9. The second-order valence-electron chi connectivity index (χ2n) is 11.3. The maximum atomic E-state index is 14.1. The third kappa shape index (κ3) is 8.31. The zero-order valence-corrected chi connectivity index (χ0v) is 26.4. The number of aryl methyl sites for hydroxylation is 2. The minimum Gasteiger partial charge on any atom is -0.494 e. The van der Waals surface area contributed by atoms with Crippen LogP contribution in [-0.4, -0.2) is 61.4 Å². The molecular formula is C34H38Cl2N4O4. The van der Waals surface area contributed by atoms with Gasteiger partial charge in [-0.2, -0.15) is 0 Å². The molecule has 0 aromatic heterocycles. The lowest BCUT2D eigenvalue weighted by atomic mass is 10.0. The maximum Gasteiger partial charge on any atom is 0.247 e. The van der Waals surface area contributed by atoms with Crippen LogP contribution in [0, 0.1) is 0 Å². The zero-order chi connectivity index (χ0) is 31.1. The Labute approximate surface area is 268 Å². The molecular weight excluding hydrogens is 599 g/mol. The molecule has 1 aliphatic carbocycles. The van der Waals surface area contributed by atoms with E-state index in [9.17, 15) is 14.4 Å². The highest BCUT2D eigenvalue weighted by Crippen LogP contribution is 2.32. The number of carbonyl (C=O) groups is 3. The third-order valence-electron chi connectivity index (χ3n) is 8.01. The van der Waals surface area contributed by atoms with Crippen molar-refractivity contribution in [3.8, 4) is 5.75 Å². The number of piperazine rings is 1. The van der Waals surface area contributed by atoms with Crippen LogP contribution in [0.3, 0.4) is 0 Å². The fourth-order valence-electron chi connectivity index (χ4n) is 5.47. The van der Waals surface area contributed by atoms with E-state index in [2.05, 4.69) is 10.6 Å². The van der Waals surface area contributed by atoms with Gasteiger partial charge in [-0.25, -0.2) is 0 Å². The molecule has 3 aromatic carbocycles. The quantitative estimate of drug-likeness (QED) is 0.252. The Morgan fingerprint density at radius 3 is 2.52 bits per heavy atom. The number of hydrogen-bond donors (Lipinski definition) is 2. The second kappa shape index (κ2) is 14.9. The minimum absolute atomic E-state index is 0.0262. The molecule has 0 bridgehead atoms. The Bertz CT molecular complexity index is 1480. The van der Waals surface area contributed by atoms with Gasteiger partial charge >= 0.3 is 0 Å². The van der Waals surface area contributed by atoms with Crippen LogP contribution in [0.2, 0.25) is 10.0 Å². The van der Waals surface area contributed by atoms with Crippen LogP contribution in [0.1, 0.15) is 42.4 Å². The molecule has 8 nitrogen and oxygen atoms in total. The van der Waals surface area contributed by atoms with E-state index in [-0.39, 0.29) is 30.3 Å². The number of amides is 3. The first-order valence-corrected chi connectivity index (χ1v) is 15.9. The number of nitrogens with one attached hydrogen (secondary N) is 2. The van der Waals surface area contributed by atoms with Crippen LogP contribution in [0.15, 0.2) is 66.7 Å². The lowest BCUT2D eigenvalue weighted by Crippen LogP contribution is -2.61. The van der Waals surface area contributed by atoms with E-state index in [1.54, 1.807) is 18.0 Å². The number of halogens is 2. The molecule has 1 atom stereocenters. The van der Waals surface area contributed by atoms with Crippen molar-refractivity contribution in [2.45, 2.75) is 57.2 Å². The van der Waals surface area contributed by atoms with Crippen LogP contribution < -0.4 is 20.3 Å². The fourth-order valence-corrected chi connectivity index (χ4v) is 5.83. The molecule has 1 heterocycles. The van der Waals surface area contributed by atoms with Gasteiger partial charge in [0.25, 0.3) is 0 Å². The molecule has 2 N–H and O–H groups in total. The molecule has 5 rings (SSSR count). The number of hydrogen-bond acceptors (Lipinski definition) is 5. The standard InChI is InChI=1S/C34H38Cl2N4O4/c1-37-32(41)16-10-24-9-15-30(36)25(18-24)22-39(27-13-14-27)34(43)31-20-38-21-33(42)40(31)28-11-7-23(8-12-28)4-3-17-44-29-6-2-5-26(35)19-29/h2,5-9,11-12,15,18-19,27,31,38H,3-4,10,13-14,16-17,20-22H2,1H3,(H,37,41)/t31-/m1/s1. The monoisotopic (exact) mass is 636 g/mol. The van der Waals surface area contributed by atoms with E-state index in [4.69, 9.17) is 27.9 Å². The topological polar surface area (TPSA) is 91.0 Å². The average molecular weight is 638 g/mol. The highest BCUT2D eigenvalue weighted by molar-refractivity contribution is 6.31. The highest BCUT2D eigenvalue weighted by Gasteiger charge is 2.41. The van der Waals surface area contributed by atoms with Crippen molar-refractivity contribution in [2.75, 3.05) is 31.6 Å². The predicted octanol–water partition coefficient (Wildman–Crippen LogP) is 5.18. The first-order chi connectivity index (χ1) is 21.3. The third-order valence-corrected chi connectivity index (χ3v) is 8.61. The summed E-state index contributed by atoms with van der Waals surface area (Å²) in [6, 6.07) is 20.4. The maximum absolute atomic E-state index is 14.1. The number of ether oxygens (including phenoxy) is 1. The van der Waals surface area contributed by atoms with Gasteiger partial charge in [-0.05, 0) is 85.2 Å². The molecule has 3 amide bonds. The number of rotatable bonds is 13. The Morgan fingerprint density at radius 1 is 1.02 bits per heavy atom. The molecule has 1 saturated carbocycles. The first-order valence-electron chi connectivity index (χ1n) is 15.1. The number of benzene rings is 3. The van der Waals surface area contributed by atoms with Crippen molar-refractivity contribution in [2.24, 2.45) is 0 Å². The van der Waals surface area contributed by atoms with Gasteiger partial charge in [0.2, 0.25) is 17.7 Å². The minimum atomic E-state index is -0.663. The van der Waals surface area contributed by atoms with Crippen molar-refractivity contribution in [1.82, 2.24) is 15.5 Å². The van der Waals surface area contributed by atoms with E-state index < -0.39 is 6.04 Å². The molecule has 1 saturated heterocycles. The molecule has 0 spiro atoms. The second-order valence-corrected chi connectivity index (χ2v) is 12.1. The summed E-state index contributed by atoms with van der Waals surface area (Å²) in [4.78, 5) is 42.6. The molecule has 0 unspecified atom stereocenters. The van der Waals surface area contributed by atoms with Gasteiger partial charge in [-0.1, -0.05) is 53.5 Å². The summed E-state index contributed by atoms with van der Waals surface area (Å²) in [5.74, 6) is 0.489. The summed E-state index contributed by atoms with van der Waals surface area (Å²) in [5, 5.41) is 7.00. The van der Waals surface area contributed by atoms with E-state index >= 15 is 0 Å². The molecule has 44 heavy (non-hydrogen) atoms. The van der Waals surface area contributed by atoms with Crippen LogP contribution in [0.25, 0.3) is 0 Å². The van der Waals surface area contributed by atoms with Gasteiger partial charge in [-0.15, -0.1) is 0 Å². The van der Waals surface area contributed by atoms with Gasteiger partial charge in [0, 0.05) is 48.3 Å². The largest absolute Gasteiger partial charge is 0.494 e. The van der Waals surface area contributed by atoms with Gasteiger partial charge in [0.1, 0.15) is 11.8 Å². The molecule has 1 aliphatic heterocycles. The van der Waals surface area contributed by atoms with E-state index in [0.29, 0.717) is 48.3 Å². The molecule has 0 radical (unpaired) electrons.